The number of urea groups is 1. The van der Waals surface area contributed by atoms with Crippen molar-refractivity contribution in [2.24, 2.45) is 0 Å². The number of ether oxygens (including phenoxy) is 1. The Bertz CT molecular complexity index is 1050. The first-order valence-electron chi connectivity index (χ1n) is 8.24. The monoisotopic (exact) mass is 418 g/mol. The van der Waals surface area contributed by atoms with E-state index in [-0.39, 0.29) is 16.3 Å². The van der Waals surface area contributed by atoms with E-state index in [4.69, 9.17) is 27.9 Å². The second kappa shape index (κ2) is 7.66. The molecule has 1 fully saturated rings. The van der Waals surface area contributed by atoms with Crippen LogP contribution in [0.4, 0.5) is 10.5 Å². The Morgan fingerprint density at radius 1 is 1.04 bits per heavy atom. The molecule has 1 aliphatic heterocycles. The SMILES string of the molecule is COc1c(Cl)cc(Cl)cc1/C=C1\C(=O)NC(=O)N(c2ccc(C)c(C)c2)C1=O. The maximum absolute atomic E-state index is 13.0. The molecule has 1 heterocycles. The first kappa shape index (κ1) is 19.9. The van der Waals surface area contributed by atoms with Crippen LogP contribution in [0.5, 0.6) is 5.75 Å². The zero-order valence-electron chi connectivity index (χ0n) is 15.3. The number of nitrogens with zero attached hydrogens (tertiary/aromatic N) is 1. The first-order chi connectivity index (χ1) is 13.2. The fourth-order valence-electron chi connectivity index (χ4n) is 2.81. The van der Waals surface area contributed by atoms with E-state index in [2.05, 4.69) is 5.32 Å². The number of carbonyl (C=O) groups is 3. The van der Waals surface area contributed by atoms with Gasteiger partial charge in [-0.15, -0.1) is 0 Å². The van der Waals surface area contributed by atoms with Crippen LogP contribution in [0.15, 0.2) is 35.9 Å². The average Bonchev–Trinajstić information content (AvgIpc) is 2.61. The van der Waals surface area contributed by atoms with Crippen molar-refractivity contribution in [3.05, 3.63) is 62.6 Å². The predicted octanol–water partition coefficient (Wildman–Crippen LogP) is 4.29. The van der Waals surface area contributed by atoms with Gasteiger partial charge in [-0.05, 0) is 55.3 Å². The van der Waals surface area contributed by atoms with Gasteiger partial charge >= 0.3 is 6.03 Å². The highest BCUT2D eigenvalue weighted by molar-refractivity contribution is 6.40. The molecule has 3 rings (SSSR count). The van der Waals surface area contributed by atoms with Crippen molar-refractivity contribution in [3.63, 3.8) is 0 Å². The van der Waals surface area contributed by atoms with E-state index in [1.807, 2.05) is 13.8 Å². The van der Waals surface area contributed by atoms with Crippen LogP contribution >= 0.6 is 23.2 Å². The summed E-state index contributed by atoms with van der Waals surface area (Å²) in [5, 5.41) is 2.72. The summed E-state index contributed by atoms with van der Waals surface area (Å²) in [6, 6.07) is 7.33. The van der Waals surface area contributed by atoms with Crippen LogP contribution in [0.1, 0.15) is 16.7 Å². The van der Waals surface area contributed by atoms with Gasteiger partial charge in [0.25, 0.3) is 11.8 Å². The van der Waals surface area contributed by atoms with Crippen LogP contribution < -0.4 is 15.0 Å². The number of aryl methyl sites for hydroxylation is 2. The van der Waals surface area contributed by atoms with Gasteiger partial charge in [0.05, 0.1) is 17.8 Å². The number of methoxy groups -OCH3 is 1. The summed E-state index contributed by atoms with van der Waals surface area (Å²) in [6.07, 6.45) is 1.30. The molecule has 0 atom stereocenters. The van der Waals surface area contributed by atoms with E-state index in [1.54, 1.807) is 18.2 Å². The number of hydrogen-bond donors (Lipinski definition) is 1. The maximum Gasteiger partial charge on any atom is 0.335 e. The Kier molecular flexibility index (Phi) is 5.45. The molecule has 2 aromatic carbocycles. The molecule has 4 amide bonds. The molecule has 1 N–H and O–H groups in total. The highest BCUT2D eigenvalue weighted by Gasteiger charge is 2.37. The number of nitrogens with one attached hydrogen (secondary N) is 1. The van der Waals surface area contributed by atoms with Gasteiger partial charge < -0.3 is 4.74 Å². The average molecular weight is 419 g/mol. The van der Waals surface area contributed by atoms with Gasteiger partial charge in [0, 0.05) is 10.6 Å². The van der Waals surface area contributed by atoms with Crippen molar-refractivity contribution in [2.45, 2.75) is 13.8 Å². The Balaban J connectivity index is 2.10. The lowest BCUT2D eigenvalue weighted by Gasteiger charge is -2.27. The molecule has 0 spiro atoms. The lowest BCUT2D eigenvalue weighted by atomic mass is 10.0. The molecule has 0 bridgehead atoms. The van der Waals surface area contributed by atoms with Gasteiger partial charge in [0.2, 0.25) is 0 Å². The standard InChI is InChI=1S/C20H16Cl2N2O4/c1-10-4-5-14(6-11(10)2)24-19(26)15(18(25)23-20(24)27)8-12-7-13(21)9-16(22)17(12)28-3/h4-9H,1-3H3,(H,23,25,27)/b15-8+. The molecule has 1 aliphatic rings. The maximum atomic E-state index is 13.0. The lowest BCUT2D eigenvalue weighted by Crippen LogP contribution is -2.54. The number of anilines is 1. The van der Waals surface area contributed by atoms with Crippen LogP contribution in [0.25, 0.3) is 6.08 Å². The molecular formula is C20H16Cl2N2O4. The zero-order valence-corrected chi connectivity index (χ0v) is 16.8. The molecule has 2 aromatic rings. The smallest absolute Gasteiger partial charge is 0.335 e. The van der Waals surface area contributed by atoms with Gasteiger partial charge in [-0.1, -0.05) is 29.3 Å². The molecule has 0 saturated carbocycles. The number of hydrogen-bond acceptors (Lipinski definition) is 4. The Labute approximate surface area is 171 Å². The second-order valence-electron chi connectivity index (χ2n) is 6.24. The third-order valence-electron chi connectivity index (χ3n) is 4.39. The van der Waals surface area contributed by atoms with E-state index >= 15 is 0 Å². The second-order valence-corrected chi connectivity index (χ2v) is 7.08. The van der Waals surface area contributed by atoms with Crippen LogP contribution in [-0.4, -0.2) is 25.0 Å². The van der Waals surface area contributed by atoms with E-state index in [1.165, 1.54) is 25.3 Å². The van der Waals surface area contributed by atoms with Crippen LogP contribution in [0.2, 0.25) is 10.0 Å². The highest BCUT2D eigenvalue weighted by Crippen LogP contribution is 2.34. The van der Waals surface area contributed by atoms with Crippen molar-refractivity contribution < 1.29 is 19.1 Å². The van der Waals surface area contributed by atoms with Gasteiger partial charge in [-0.25, -0.2) is 9.69 Å². The number of carbonyl (C=O) groups excluding carboxylic acids is 3. The van der Waals surface area contributed by atoms with E-state index in [0.717, 1.165) is 16.0 Å². The summed E-state index contributed by atoms with van der Waals surface area (Å²) in [5.41, 5.74) is 2.38. The molecule has 0 unspecified atom stereocenters. The minimum Gasteiger partial charge on any atom is -0.495 e. The summed E-state index contributed by atoms with van der Waals surface area (Å²) in [6.45, 7) is 3.78. The number of barbiturate groups is 1. The van der Waals surface area contributed by atoms with Crippen LogP contribution in [0.3, 0.4) is 0 Å². The van der Waals surface area contributed by atoms with E-state index < -0.39 is 17.8 Å². The number of imide groups is 2. The molecule has 28 heavy (non-hydrogen) atoms. The number of amides is 4. The van der Waals surface area contributed by atoms with Crippen molar-refractivity contribution in [1.82, 2.24) is 5.32 Å². The predicted molar refractivity (Wildman–Crippen MR) is 108 cm³/mol. The summed E-state index contributed by atoms with van der Waals surface area (Å²) < 4.78 is 5.25. The topological polar surface area (TPSA) is 75.7 Å². The Morgan fingerprint density at radius 2 is 1.75 bits per heavy atom. The fourth-order valence-corrected chi connectivity index (χ4v) is 3.40. The van der Waals surface area contributed by atoms with Crippen LogP contribution in [0, 0.1) is 13.8 Å². The third-order valence-corrected chi connectivity index (χ3v) is 4.89. The molecule has 0 aromatic heterocycles. The summed E-state index contributed by atoms with van der Waals surface area (Å²) in [4.78, 5) is 38.6. The number of benzene rings is 2. The molecule has 144 valence electrons. The van der Waals surface area contributed by atoms with E-state index in [9.17, 15) is 14.4 Å². The molecule has 0 aliphatic carbocycles. The minimum atomic E-state index is -0.813. The Morgan fingerprint density at radius 3 is 2.39 bits per heavy atom. The quantitative estimate of drug-likeness (QED) is 0.595. The van der Waals surface area contributed by atoms with Gasteiger partial charge in [0.15, 0.2) is 0 Å². The molecular weight excluding hydrogens is 403 g/mol. The summed E-state index contributed by atoms with van der Waals surface area (Å²) >= 11 is 12.1. The highest BCUT2D eigenvalue weighted by atomic mass is 35.5. The fraction of sp³-hybridized carbons (Fsp3) is 0.150. The van der Waals surface area contributed by atoms with Crippen molar-refractivity contribution in [3.8, 4) is 5.75 Å². The normalized spacial score (nSPS) is 15.8. The van der Waals surface area contributed by atoms with Crippen molar-refractivity contribution in [1.29, 1.82) is 0 Å². The molecule has 6 nitrogen and oxygen atoms in total. The van der Waals surface area contributed by atoms with Crippen molar-refractivity contribution >= 4 is 52.8 Å². The van der Waals surface area contributed by atoms with E-state index in [0.29, 0.717) is 16.3 Å². The molecule has 8 heteroatoms. The Hall–Kier alpha value is -2.83. The van der Waals surface area contributed by atoms with Gasteiger partial charge in [-0.3, -0.25) is 14.9 Å². The van der Waals surface area contributed by atoms with Gasteiger partial charge in [0.1, 0.15) is 11.3 Å². The van der Waals surface area contributed by atoms with Crippen molar-refractivity contribution in [2.75, 3.05) is 12.0 Å². The zero-order chi connectivity index (χ0) is 20.6. The minimum absolute atomic E-state index is 0.229. The number of rotatable bonds is 3. The number of halogens is 2. The molecule has 0 radical (unpaired) electrons. The van der Waals surface area contributed by atoms with Gasteiger partial charge in [-0.2, -0.15) is 0 Å². The third kappa shape index (κ3) is 3.61. The van der Waals surface area contributed by atoms with Crippen LogP contribution in [-0.2, 0) is 9.59 Å². The summed E-state index contributed by atoms with van der Waals surface area (Å²) in [5.74, 6) is -1.31. The largest absolute Gasteiger partial charge is 0.495 e. The molecule has 1 saturated heterocycles. The summed E-state index contributed by atoms with van der Waals surface area (Å²) in [7, 11) is 1.41. The first-order valence-corrected chi connectivity index (χ1v) is 9.00. The lowest BCUT2D eigenvalue weighted by molar-refractivity contribution is -0.122.